The third kappa shape index (κ3) is 4.10. The predicted molar refractivity (Wildman–Crippen MR) is 103 cm³/mol. The van der Waals surface area contributed by atoms with E-state index in [1.165, 1.54) is 23.3 Å². The largest absolute Gasteiger partial charge is 0.383 e. The van der Waals surface area contributed by atoms with E-state index in [0.717, 1.165) is 31.8 Å². The minimum atomic E-state index is -3.56. The Hall–Kier alpha value is -1.86. The van der Waals surface area contributed by atoms with Crippen molar-refractivity contribution in [1.82, 2.24) is 0 Å². The summed E-state index contributed by atoms with van der Waals surface area (Å²) in [5.41, 5.74) is 3.10. The smallest absolute Gasteiger partial charge is 0.177 e. The maximum absolute atomic E-state index is 12.1. The minimum absolute atomic E-state index is 0.00601. The highest BCUT2D eigenvalue weighted by molar-refractivity contribution is 7.91. The Labute approximate surface area is 155 Å². The van der Waals surface area contributed by atoms with Crippen molar-refractivity contribution in [2.75, 3.05) is 24.4 Å². The van der Waals surface area contributed by atoms with E-state index >= 15 is 0 Å². The molecule has 2 aromatic rings. The van der Waals surface area contributed by atoms with Crippen molar-refractivity contribution in [3.05, 3.63) is 53.6 Å². The first-order chi connectivity index (χ1) is 12.2. The summed E-state index contributed by atoms with van der Waals surface area (Å²) >= 11 is 0. The van der Waals surface area contributed by atoms with Gasteiger partial charge in [-0.2, -0.15) is 0 Å². The van der Waals surface area contributed by atoms with Crippen molar-refractivity contribution in [2.45, 2.75) is 35.0 Å². The van der Waals surface area contributed by atoms with E-state index in [2.05, 4.69) is 17.4 Å². The Morgan fingerprint density at radius 3 is 2.42 bits per heavy atom. The highest BCUT2D eigenvalue weighted by Crippen LogP contribution is 2.32. The fourth-order valence-electron chi connectivity index (χ4n) is 3.49. The summed E-state index contributed by atoms with van der Waals surface area (Å²) in [6.07, 6.45) is 5.38. The molecular formula is C19H23NO4S2. The van der Waals surface area contributed by atoms with Crippen LogP contribution in [0.1, 0.15) is 29.9 Å². The zero-order valence-corrected chi connectivity index (χ0v) is 16.5. The predicted octanol–water partition coefficient (Wildman–Crippen LogP) is 3.03. The van der Waals surface area contributed by atoms with Crippen LogP contribution >= 0.6 is 0 Å². The van der Waals surface area contributed by atoms with Crippen LogP contribution in [-0.4, -0.2) is 35.9 Å². The van der Waals surface area contributed by atoms with Crippen LogP contribution in [-0.2, 0) is 26.1 Å². The molecule has 0 heterocycles. The third-order valence-corrected chi connectivity index (χ3v) is 7.06. The number of fused-ring (bicyclic) bond motifs is 1. The van der Waals surface area contributed by atoms with Crippen molar-refractivity contribution >= 4 is 25.4 Å². The lowest BCUT2D eigenvalue weighted by atomic mass is 9.83. The lowest BCUT2D eigenvalue weighted by Gasteiger charge is -2.26. The number of nitrogens with one attached hydrogen (secondary N) is 1. The molecule has 2 aromatic carbocycles. The van der Waals surface area contributed by atoms with Crippen LogP contribution in [0.5, 0.6) is 0 Å². The molecule has 0 fully saturated rings. The van der Waals surface area contributed by atoms with Crippen LogP contribution in [0, 0.1) is 0 Å². The average Bonchev–Trinajstić information content (AvgIpc) is 2.58. The first-order valence-electron chi connectivity index (χ1n) is 8.52. The molecule has 0 aromatic heterocycles. The summed E-state index contributed by atoms with van der Waals surface area (Å²) in [5, 5.41) is 3.24. The molecular weight excluding hydrogens is 370 g/mol. The Balaban J connectivity index is 1.89. The van der Waals surface area contributed by atoms with E-state index < -0.39 is 19.7 Å². The normalized spacial score (nSPS) is 17.5. The number of hydrogen-bond acceptors (Lipinski definition) is 5. The second-order valence-electron chi connectivity index (χ2n) is 6.87. The topological polar surface area (TPSA) is 80.3 Å². The Morgan fingerprint density at radius 1 is 1.00 bits per heavy atom. The van der Waals surface area contributed by atoms with E-state index in [-0.39, 0.29) is 9.79 Å². The summed E-state index contributed by atoms with van der Waals surface area (Å²) in [5.74, 6) is 0.307. The van der Waals surface area contributed by atoms with Gasteiger partial charge in [0.15, 0.2) is 19.7 Å². The zero-order chi connectivity index (χ0) is 18.9. The van der Waals surface area contributed by atoms with Crippen LogP contribution in [0.4, 0.5) is 5.69 Å². The first-order valence-corrected chi connectivity index (χ1v) is 12.3. The number of aryl methyl sites for hydroxylation is 1. The van der Waals surface area contributed by atoms with Gasteiger partial charge in [-0.1, -0.05) is 24.3 Å². The van der Waals surface area contributed by atoms with E-state index in [9.17, 15) is 16.8 Å². The number of hydrogen-bond donors (Lipinski definition) is 1. The second kappa shape index (κ2) is 7.04. The fourth-order valence-corrected chi connectivity index (χ4v) is 5.09. The zero-order valence-electron chi connectivity index (χ0n) is 14.9. The van der Waals surface area contributed by atoms with Gasteiger partial charge in [0, 0.05) is 25.0 Å². The minimum Gasteiger partial charge on any atom is -0.383 e. The van der Waals surface area contributed by atoms with Gasteiger partial charge in [-0.3, -0.25) is 0 Å². The average molecular weight is 394 g/mol. The van der Waals surface area contributed by atoms with Gasteiger partial charge < -0.3 is 5.32 Å². The van der Waals surface area contributed by atoms with E-state index in [1.807, 2.05) is 12.1 Å². The van der Waals surface area contributed by atoms with Crippen LogP contribution < -0.4 is 5.32 Å². The quantitative estimate of drug-likeness (QED) is 0.845. The van der Waals surface area contributed by atoms with E-state index in [4.69, 9.17) is 0 Å². The van der Waals surface area contributed by atoms with Gasteiger partial charge in [0.05, 0.1) is 15.5 Å². The standard InChI is InChI=1S/C19H23NO4S2/c1-25(21,22)16-10-11-18(19(12-16)26(2,23)24)20-13-15-8-5-7-14-6-3-4-9-17(14)15/h3-4,6,9-12,15,20H,5,7-8,13H2,1-2H3/t15-/m1/s1. The molecule has 0 unspecified atom stereocenters. The van der Waals surface area contributed by atoms with Crippen molar-refractivity contribution in [3.63, 3.8) is 0 Å². The molecule has 1 aliphatic rings. The van der Waals surface area contributed by atoms with Crippen LogP contribution in [0.25, 0.3) is 0 Å². The molecule has 0 amide bonds. The molecule has 26 heavy (non-hydrogen) atoms. The monoisotopic (exact) mass is 393 g/mol. The summed E-state index contributed by atoms with van der Waals surface area (Å²) in [6.45, 7) is 0.609. The van der Waals surface area contributed by atoms with Gasteiger partial charge in [0.2, 0.25) is 0 Å². The van der Waals surface area contributed by atoms with Crippen LogP contribution in [0.15, 0.2) is 52.3 Å². The molecule has 0 saturated heterocycles. The van der Waals surface area contributed by atoms with E-state index in [0.29, 0.717) is 18.2 Å². The molecule has 3 rings (SSSR count). The molecule has 1 atom stereocenters. The number of benzene rings is 2. The molecule has 1 N–H and O–H groups in total. The number of rotatable bonds is 5. The van der Waals surface area contributed by atoms with E-state index in [1.54, 1.807) is 6.07 Å². The Bertz CT molecular complexity index is 1030. The van der Waals surface area contributed by atoms with Crippen molar-refractivity contribution < 1.29 is 16.8 Å². The fraction of sp³-hybridized carbons (Fsp3) is 0.368. The van der Waals surface area contributed by atoms with Crippen LogP contribution in [0.3, 0.4) is 0 Å². The molecule has 1 aliphatic carbocycles. The first kappa shape index (κ1) is 18.9. The second-order valence-corrected chi connectivity index (χ2v) is 10.9. The SMILES string of the molecule is CS(=O)(=O)c1ccc(NC[C@H]2CCCc3ccccc32)c(S(C)(=O)=O)c1. The Kier molecular flexibility index (Phi) is 5.12. The van der Waals surface area contributed by atoms with Crippen molar-refractivity contribution in [1.29, 1.82) is 0 Å². The highest BCUT2D eigenvalue weighted by Gasteiger charge is 2.22. The molecule has 140 valence electrons. The molecule has 0 aliphatic heterocycles. The summed E-state index contributed by atoms with van der Waals surface area (Å²) in [7, 11) is -7.03. The molecule has 7 heteroatoms. The van der Waals surface area contributed by atoms with Gasteiger partial charge in [0.1, 0.15) is 0 Å². The van der Waals surface area contributed by atoms with Gasteiger partial charge in [-0.25, -0.2) is 16.8 Å². The van der Waals surface area contributed by atoms with Gasteiger partial charge >= 0.3 is 0 Å². The number of sulfone groups is 2. The highest BCUT2D eigenvalue weighted by atomic mass is 32.2. The summed E-state index contributed by atoms with van der Waals surface area (Å²) in [4.78, 5) is 0.0241. The van der Waals surface area contributed by atoms with Gasteiger partial charge in [-0.05, 0) is 48.6 Å². The Morgan fingerprint density at radius 2 is 1.73 bits per heavy atom. The lowest BCUT2D eigenvalue weighted by molar-refractivity contribution is 0.571. The molecule has 0 spiro atoms. The van der Waals surface area contributed by atoms with Gasteiger partial charge in [0.25, 0.3) is 0 Å². The maximum Gasteiger partial charge on any atom is 0.177 e. The van der Waals surface area contributed by atoms with Crippen LogP contribution in [0.2, 0.25) is 0 Å². The number of anilines is 1. The molecule has 0 saturated carbocycles. The van der Waals surface area contributed by atoms with Crippen molar-refractivity contribution in [3.8, 4) is 0 Å². The third-order valence-electron chi connectivity index (χ3n) is 4.81. The van der Waals surface area contributed by atoms with Gasteiger partial charge in [-0.15, -0.1) is 0 Å². The summed E-state index contributed by atoms with van der Waals surface area (Å²) in [6, 6.07) is 12.6. The molecule has 5 nitrogen and oxygen atoms in total. The molecule has 0 bridgehead atoms. The lowest BCUT2D eigenvalue weighted by Crippen LogP contribution is -2.19. The maximum atomic E-state index is 12.1. The summed E-state index contributed by atoms with van der Waals surface area (Å²) < 4.78 is 47.8. The van der Waals surface area contributed by atoms with Crippen molar-refractivity contribution in [2.24, 2.45) is 0 Å². The molecule has 0 radical (unpaired) electrons.